The molecule has 0 aromatic heterocycles. The fraction of sp³-hybridized carbons (Fsp3) is 0.872. The van der Waals surface area contributed by atoms with Crippen molar-refractivity contribution in [2.75, 3.05) is 126 Å². The molecule has 0 aromatic rings. The molecule has 0 spiro atoms. The number of likely N-dealkylation sites (N-methyl/N-ethyl adjacent to an activating group) is 1. The molecule has 3 N–H and O–H groups in total. The van der Waals surface area contributed by atoms with E-state index in [1.54, 1.807) is 0 Å². The molecule has 1 saturated heterocycles. The molecule has 1 aliphatic heterocycles. The van der Waals surface area contributed by atoms with Crippen molar-refractivity contribution in [3.05, 3.63) is 0 Å². The lowest BCUT2D eigenvalue weighted by Gasteiger charge is -2.20. The zero-order valence-electron chi connectivity index (χ0n) is 35.7. The number of likely N-dealkylation sites (tertiary alicyclic amines) is 1. The summed E-state index contributed by atoms with van der Waals surface area (Å²) in [5.74, 6) is -0.436. The summed E-state index contributed by atoms with van der Waals surface area (Å²) in [6.07, 6.45) is 2.19. The van der Waals surface area contributed by atoms with Gasteiger partial charge >= 0.3 is 0 Å². The average molecular weight is 809 g/mol. The number of nitrogens with zero attached hydrogens (tertiary/aromatic N) is 1. The Balaban J connectivity index is 0. The van der Waals surface area contributed by atoms with E-state index in [2.05, 4.69) is 16.0 Å². The molecule has 4 amide bonds. The molecule has 1 fully saturated rings. The van der Waals surface area contributed by atoms with Crippen LogP contribution in [0.15, 0.2) is 0 Å². The van der Waals surface area contributed by atoms with Gasteiger partial charge in [0.15, 0.2) is 0 Å². The number of carbonyl (C=O) groups is 5. The largest absolute Gasteiger partial charge is 0.379 e. The average Bonchev–Trinajstić information content (AvgIpc) is 3.45. The summed E-state index contributed by atoms with van der Waals surface area (Å²) in [7, 11) is 1.81. The Kier molecular flexibility index (Phi) is 40.2. The lowest BCUT2D eigenvalue weighted by molar-refractivity contribution is -0.139. The predicted octanol–water partition coefficient (Wildman–Crippen LogP) is 1.78. The van der Waals surface area contributed by atoms with E-state index < -0.39 is 0 Å². The summed E-state index contributed by atoms with van der Waals surface area (Å²) in [5.41, 5.74) is 0. The van der Waals surface area contributed by atoms with Crippen molar-refractivity contribution in [2.24, 2.45) is 11.8 Å². The molecular formula is C39H76N4O13. The molecule has 0 saturated carbocycles. The third-order valence-electron chi connectivity index (χ3n) is 7.64. The highest BCUT2D eigenvalue weighted by molar-refractivity contribution is 6.03. The summed E-state index contributed by atoms with van der Waals surface area (Å²) >= 11 is 0. The van der Waals surface area contributed by atoms with Gasteiger partial charge in [-0.3, -0.25) is 24.1 Å². The third-order valence-corrected chi connectivity index (χ3v) is 7.64. The number of rotatable bonds is 35. The zero-order valence-corrected chi connectivity index (χ0v) is 35.7. The summed E-state index contributed by atoms with van der Waals surface area (Å²) in [6.45, 7) is 21.6. The Morgan fingerprint density at radius 3 is 1.46 bits per heavy atom. The zero-order chi connectivity index (χ0) is 42.2. The number of nitrogens with one attached hydrogen (secondary N) is 3. The molecule has 17 heteroatoms. The van der Waals surface area contributed by atoms with Gasteiger partial charge in [0.05, 0.1) is 112 Å². The van der Waals surface area contributed by atoms with Crippen LogP contribution in [0.3, 0.4) is 0 Å². The Labute approximate surface area is 336 Å². The topological polar surface area (TPSA) is 199 Å². The van der Waals surface area contributed by atoms with E-state index in [4.69, 9.17) is 37.9 Å². The van der Waals surface area contributed by atoms with Gasteiger partial charge in [0.1, 0.15) is 6.29 Å². The first-order valence-corrected chi connectivity index (χ1v) is 20.2. The van der Waals surface area contributed by atoms with Gasteiger partial charge in [-0.25, -0.2) is 0 Å². The normalized spacial score (nSPS) is 14.3. The van der Waals surface area contributed by atoms with E-state index in [-0.39, 0.29) is 61.0 Å². The Bertz CT molecular complexity index is 975. The predicted molar refractivity (Wildman–Crippen MR) is 212 cm³/mol. The Morgan fingerprint density at radius 2 is 1.12 bits per heavy atom. The van der Waals surface area contributed by atoms with E-state index in [9.17, 15) is 24.0 Å². The highest BCUT2D eigenvalue weighted by Crippen LogP contribution is 2.22. The van der Waals surface area contributed by atoms with E-state index in [0.717, 1.165) is 6.29 Å². The first-order chi connectivity index (χ1) is 27.1. The van der Waals surface area contributed by atoms with Crippen LogP contribution in [0.2, 0.25) is 0 Å². The number of aldehydes is 1. The number of ether oxygens (including phenoxy) is 8. The monoisotopic (exact) mass is 809 g/mol. The van der Waals surface area contributed by atoms with Crippen molar-refractivity contribution < 1.29 is 61.9 Å². The minimum atomic E-state index is -0.248. The lowest BCUT2D eigenvalue weighted by Crippen LogP contribution is -2.47. The van der Waals surface area contributed by atoms with Crippen LogP contribution in [-0.2, 0) is 61.9 Å². The van der Waals surface area contributed by atoms with Crippen LogP contribution in [-0.4, -0.2) is 173 Å². The van der Waals surface area contributed by atoms with E-state index in [0.29, 0.717) is 131 Å². The fourth-order valence-electron chi connectivity index (χ4n) is 4.78. The van der Waals surface area contributed by atoms with E-state index in [1.165, 1.54) is 4.90 Å². The highest BCUT2D eigenvalue weighted by atomic mass is 16.6. The lowest BCUT2D eigenvalue weighted by atomic mass is 10.0. The molecule has 1 heterocycles. The number of hydrogen-bond acceptors (Lipinski definition) is 14. The van der Waals surface area contributed by atoms with Crippen molar-refractivity contribution in [3.8, 4) is 0 Å². The molecule has 2 atom stereocenters. The molecule has 56 heavy (non-hydrogen) atoms. The fourth-order valence-corrected chi connectivity index (χ4v) is 4.78. The second kappa shape index (κ2) is 40.6. The molecule has 0 radical (unpaired) electrons. The van der Waals surface area contributed by atoms with Crippen molar-refractivity contribution in [1.29, 1.82) is 0 Å². The number of hydrogen-bond donors (Lipinski definition) is 3. The third kappa shape index (κ3) is 32.5. The van der Waals surface area contributed by atoms with Crippen LogP contribution in [0.1, 0.15) is 74.1 Å². The van der Waals surface area contributed by atoms with Crippen LogP contribution >= 0.6 is 0 Å². The van der Waals surface area contributed by atoms with Crippen LogP contribution < -0.4 is 16.0 Å². The minimum absolute atomic E-state index is 0.0765. The quantitative estimate of drug-likeness (QED) is 0.0476. The second-order valence-corrected chi connectivity index (χ2v) is 12.8. The maximum Gasteiger partial charge on any atom is 0.237 e. The highest BCUT2D eigenvalue weighted by Gasteiger charge is 2.37. The minimum Gasteiger partial charge on any atom is -0.379 e. The molecule has 0 aliphatic carbocycles. The summed E-state index contributed by atoms with van der Waals surface area (Å²) in [4.78, 5) is 58.6. The summed E-state index contributed by atoms with van der Waals surface area (Å²) in [5, 5.41) is 8.58. The smallest absolute Gasteiger partial charge is 0.237 e. The van der Waals surface area contributed by atoms with Crippen molar-refractivity contribution >= 4 is 29.9 Å². The van der Waals surface area contributed by atoms with Gasteiger partial charge in [0.2, 0.25) is 23.6 Å². The first-order valence-electron chi connectivity index (χ1n) is 20.2. The van der Waals surface area contributed by atoms with E-state index >= 15 is 0 Å². The summed E-state index contributed by atoms with van der Waals surface area (Å²) in [6, 6.07) is 0.138. The van der Waals surface area contributed by atoms with Crippen LogP contribution in [0.4, 0.5) is 0 Å². The van der Waals surface area contributed by atoms with Crippen molar-refractivity contribution in [2.45, 2.75) is 86.2 Å². The van der Waals surface area contributed by atoms with Gasteiger partial charge < -0.3 is 58.6 Å². The molecule has 0 aromatic carbocycles. The van der Waals surface area contributed by atoms with Gasteiger partial charge in [-0.05, 0) is 33.2 Å². The van der Waals surface area contributed by atoms with Gasteiger partial charge in [-0.2, -0.15) is 0 Å². The maximum absolute atomic E-state index is 12.1. The Hall–Kier alpha value is -2.61. The second-order valence-electron chi connectivity index (χ2n) is 12.8. The summed E-state index contributed by atoms with van der Waals surface area (Å²) < 4.78 is 43.0. The van der Waals surface area contributed by atoms with Crippen LogP contribution in [0, 0.1) is 11.8 Å². The number of amides is 4. The standard InChI is InChI=1S/C28H50N2O12.C9H20N2O.C2H6/c1-2-25-24-27(33)30(28(25)34)6-4-26(32)29-5-9-36-11-13-38-15-17-40-19-21-42-23-22-41-20-18-39-16-14-37-12-10-35-8-3-7-31;1-6(2)8(10-5)9(12)11-7(3)4;1-2/h7,25H,2-6,8-24H2,1H3,(H,29,32);6-8,10H,1-5H3,(H,11,12);1-2H3. The van der Waals surface area contributed by atoms with Crippen LogP contribution in [0.5, 0.6) is 0 Å². The van der Waals surface area contributed by atoms with Gasteiger partial charge in [0, 0.05) is 44.3 Å². The first kappa shape index (κ1) is 55.5. The number of imide groups is 1. The molecule has 0 bridgehead atoms. The van der Waals surface area contributed by atoms with Gasteiger partial charge in [-0.15, -0.1) is 0 Å². The van der Waals surface area contributed by atoms with Crippen molar-refractivity contribution in [3.63, 3.8) is 0 Å². The molecule has 17 nitrogen and oxygen atoms in total. The SMILES string of the molecule is CC.CCC1CC(=O)N(CCC(=O)NCCOCCOCCOCCOCCOCCOCCOCCOCCC=O)C1=O.CNC(C(=O)NC(C)C)C(C)C. The van der Waals surface area contributed by atoms with Crippen molar-refractivity contribution in [1.82, 2.24) is 20.9 Å². The molecule has 2 unspecified atom stereocenters. The molecule has 330 valence electrons. The van der Waals surface area contributed by atoms with Gasteiger partial charge in [0.25, 0.3) is 0 Å². The Morgan fingerprint density at radius 1 is 0.714 bits per heavy atom. The van der Waals surface area contributed by atoms with E-state index in [1.807, 2.05) is 55.5 Å². The van der Waals surface area contributed by atoms with Crippen LogP contribution in [0.25, 0.3) is 0 Å². The molecule has 1 aliphatic rings. The number of carbonyl (C=O) groups excluding carboxylic acids is 5. The molecule has 1 rings (SSSR count). The maximum atomic E-state index is 12.1. The van der Waals surface area contributed by atoms with Gasteiger partial charge in [-0.1, -0.05) is 34.6 Å². The molecular weight excluding hydrogens is 732 g/mol.